The van der Waals surface area contributed by atoms with Crippen LogP contribution < -0.4 is 0 Å². The molecule has 0 fully saturated rings. The van der Waals surface area contributed by atoms with Crippen molar-refractivity contribution in [1.29, 1.82) is 0 Å². The van der Waals surface area contributed by atoms with E-state index in [1.807, 2.05) is 27.1 Å². The van der Waals surface area contributed by atoms with Gasteiger partial charge in [-0.05, 0) is 20.9 Å². The summed E-state index contributed by atoms with van der Waals surface area (Å²) in [5, 5.41) is 0. The van der Waals surface area contributed by atoms with Crippen LogP contribution in [0.3, 0.4) is 0 Å². The summed E-state index contributed by atoms with van der Waals surface area (Å²) in [6.45, 7) is 4.82. The Hall–Kier alpha value is -1.27. The van der Waals surface area contributed by atoms with Crippen molar-refractivity contribution in [2.45, 2.75) is 25.9 Å². The maximum Gasteiger partial charge on any atom is 0.0922 e. The van der Waals surface area contributed by atoms with Crippen molar-refractivity contribution in [1.82, 2.24) is 14.9 Å². The number of rotatable bonds is 3. The molecular formula is C10H15N3. The third-order valence-corrected chi connectivity index (χ3v) is 2.27. The van der Waals surface area contributed by atoms with Crippen molar-refractivity contribution in [3.05, 3.63) is 18.2 Å². The summed E-state index contributed by atoms with van der Waals surface area (Å²) in [5.74, 6) is 2.75. The topological polar surface area (TPSA) is 31.9 Å². The Bertz CT molecular complexity index is 292. The van der Waals surface area contributed by atoms with Gasteiger partial charge in [0.25, 0.3) is 0 Å². The lowest BCUT2D eigenvalue weighted by atomic mass is 10.1. The highest BCUT2D eigenvalue weighted by atomic mass is 15.2. The molecule has 0 bridgehead atoms. The second-order valence-corrected chi connectivity index (χ2v) is 3.64. The van der Waals surface area contributed by atoms with Crippen molar-refractivity contribution in [3.8, 4) is 12.3 Å². The molecule has 0 aliphatic carbocycles. The van der Waals surface area contributed by atoms with E-state index in [2.05, 4.69) is 20.8 Å². The molecule has 0 saturated heterocycles. The summed E-state index contributed by atoms with van der Waals surface area (Å²) in [4.78, 5) is 9.09. The highest BCUT2D eigenvalue weighted by Crippen LogP contribution is 2.12. The van der Waals surface area contributed by atoms with Crippen molar-refractivity contribution in [2.24, 2.45) is 0 Å². The third-order valence-electron chi connectivity index (χ3n) is 2.27. The minimum absolute atomic E-state index is 0.217. The van der Waals surface area contributed by atoms with Crippen LogP contribution in [0.1, 0.15) is 19.5 Å². The first kappa shape index (κ1) is 9.82. The van der Waals surface area contributed by atoms with E-state index in [9.17, 15) is 0 Å². The monoisotopic (exact) mass is 177 g/mol. The van der Waals surface area contributed by atoms with Crippen LogP contribution in [0.25, 0.3) is 0 Å². The van der Waals surface area contributed by atoms with Crippen molar-refractivity contribution in [2.75, 3.05) is 7.05 Å². The van der Waals surface area contributed by atoms with Crippen LogP contribution in [0.15, 0.2) is 12.5 Å². The first-order valence-corrected chi connectivity index (χ1v) is 4.22. The molecule has 1 aromatic rings. The zero-order chi connectivity index (χ0) is 9.90. The fourth-order valence-electron chi connectivity index (χ4n) is 0.935. The van der Waals surface area contributed by atoms with Crippen LogP contribution in [-0.2, 0) is 6.54 Å². The van der Waals surface area contributed by atoms with Crippen molar-refractivity contribution in [3.63, 3.8) is 0 Å². The van der Waals surface area contributed by atoms with Gasteiger partial charge in [0.15, 0.2) is 0 Å². The van der Waals surface area contributed by atoms with E-state index >= 15 is 0 Å². The maximum atomic E-state index is 5.42. The molecule has 0 amide bonds. The standard InChI is InChI=1S/C10H15N3/c1-5-10(2,3)13(4)7-9-6-11-8-12-9/h1,6,8H,7H2,2-4H3,(H,11,12). The van der Waals surface area contributed by atoms with Gasteiger partial charge in [-0.3, -0.25) is 4.90 Å². The van der Waals surface area contributed by atoms with E-state index in [1.165, 1.54) is 0 Å². The van der Waals surface area contributed by atoms with Crippen molar-refractivity contribution < 1.29 is 0 Å². The molecule has 0 atom stereocenters. The summed E-state index contributed by atoms with van der Waals surface area (Å²) in [7, 11) is 2.00. The molecule has 0 spiro atoms. The van der Waals surface area contributed by atoms with E-state index in [1.54, 1.807) is 6.33 Å². The van der Waals surface area contributed by atoms with E-state index in [0.29, 0.717) is 0 Å². The van der Waals surface area contributed by atoms with Crippen LogP contribution in [-0.4, -0.2) is 27.5 Å². The van der Waals surface area contributed by atoms with Crippen LogP contribution in [0.5, 0.6) is 0 Å². The highest BCUT2D eigenvalue weighted by Gasteiger charge is 2.20. The summed E-state index contributed by atoms with van der Waals surface area (Å²) >= 11 is 0. The second kappa shape index (κ2) is 3.63. The zero-order valence-electron chi connectivity index (χ0n) is 8.33. The van der Waals surface area contributed by atoms with Gasteiger partial charge in [0, 0.05) is 18.4 Å². The molecule has 1 N–H and O–H groups in total. The molecule has 1 heterocycles. The molecule has 0 aromatic carbocycles. The molecule has 0 radical (unpaired) electrons. The van der Waals surface area contributed by atoms with Gasteiger partial charge < -0.3 is 4.98 Å². The number of H-pyrrole nitrogens is 1. The van der Waals surface area contributed by atoms with E-state index in [0.717, 1.165) is 12.2 Å². The van der Waals surface area contributed by atoms with Gasteiger partial charge in [-0.2, -0.15) is 0 Å². The lowest BCUT2D eigenvalue weighted by Crippen LogP contribution is -2.39. The molecule has 1 rings (SSSR count). The lowest BCUT2D eigenvalue weighted by molar-refractivity contribution is 0.203. The predicted octanol–water partition coefficient (Wildman–Crippen LogP) is 1.25. The van der Waals surface area contributed by atoms with Gasteiger partial charge in [0.2, 0.25) is 0 Å². The Morgan fingerprint density at radius 3 is 2.85 bits per heavy atom. The fourth-order valence-corrected chi connectivity index (χ4v) is 0.935. The van der Waals surface area contributed by atoms with E-state index < -0.39 is 0 Å². The average molecular weight is 177 g/mol. The molecule has 0 unspecified atom stereocenters. The molecular weight excluding hydrogens is 162 g/mol. The smallest absolute Gasteiger partial charge is 0.0922 e. The Labute approximate surface area is 79.2 Å². The molecule has 13 heavy (non-hydrogen) atoms. The SMILES string of the molecule is C#CC(C)(C)N(C)Cc1cnc[nH]1. The number of nitrogens with one attached hydrogen (secondary N) is 1. The van der Waals surface area contributed by atoms with Crippen LogP contribution in [0.4, 0.5) is 0 Å². The highest BCUT2D eigenvalue weighted by molar-refractivity contribution is 5.09. The van der Waals surface area contributed by atoms with Crippen LogP contribution in [0, 0.1) is 12.3 Å². The number of imidazole rings is 1. The number of hydrogen-bond acceptors (Lipinski definition) is 2. The Balaban J connectivity index is 2.62. The summed E-state index contributed by atoms with van der Waals surface area (Å²) in [6.07, 6.45) is 8.90. The minimum Gasteiger partial charge on any atom is -0.347 e. The molecule has 0 aliphatic rings. The van der Waals surface area contributed by atoms with Gasteiger partial charge in [-0.15, -0.1) is 6.42 Å². The van der Waals surface area contributed by atoms with Crippen molar-refractivity contribution >= 4 is 0 Å². The molecule has 70 valence electrons. The fraction of sp³-hybridized carbons (Fsp3) is 0.500. The number of nitrogens with zero attached hydrogens (tertiary/aromatic N) is 2. The summed E-state index contributed by atoms with van der Waals surface area (Å²) in [5.41, 5.74) is 0.858. The van der Waals surface area contributed by atoms with Gasteiger partial charge >= 0.3 is 0 Å². The molecule has 3 nitrogen and oxygen atoms in total. The molecule has 3 heteroatoms. The first-order valence-electron chi connectivity index (χ1n) is 4.22. The number of aromatic nitrogens is 2. The average Bonchev–Trinajstić information content (AvgIpc) is 2.57. The largest absolute Gasteiger partial charge is 0.347 e. The van der Waals surface area contributed by atoms with Gasteiger partial charge in [-0.1, -0.05) is 5.92 Å². The van der Waals surface area contributed by atoms with Crippen LogP contribution >= 0.6 is 0 Å². The first-order chi connectivity index (χ1) is 6.06. The molecule has 0 saturated carbocycles. The van der Waals surface area contributed by atoms with Gasteiger partial charge in [0.05, 0.1) is 11.9 Å². The number of hydrogen-bond donors (Lipinski definition) is 1. The van der Waals surface area contributed by atoms with E-state index in [-0.39, 0.29) is 5.54 Å². The lowest BCUT2D eigenvalue weighted by Gasteiger charge is -2.30. The quantitative estimate of drug-likeness (QED) is 0.705. The Morgan fingerprint density at radius 2 is 2.38 bits per heavy atom. The Morgan fingerprint density at radius 1 is 1.69 bits per heavy atom. The minimum atomic E-state index is -0.217. The maximum absolute atomic E-state index is 5.42. The number of aromatic amines is 1. The van der Waals surface area contributed by atoms with Gasteiger partial charge in [-0.25, -0.2) is 4.98 Å². The summed E-state index contributed by atoms with van der Waals surface area (Å²) in [6, 6.07) is 0. The van der Waals surface area contributed by atoms with Crippen LogP contribution in [0.2, 0.25) is 0 Å². The third kappa shape index (κ3) is 2.33. The summed E-state index contributed by atoms with van der Waals surface area (Å²) < 4.78 is 0. The van der Waals surface area contributed by atoms with E-state index in [4.69, 9.17) is 6.42 Å². The molecule has 0 aliphatic heterocycles. The normalized spacial score (nSPS) is 11.6. The van der Waals surface area contributed by atoms with Gasteiger partial charge in [0.1, 0.15) is 0 Å². The second-order valence-electron chi connectivity index (χ2n) is 3.64. The number of terminal acetylenes is 1. The predicted molar refractivity (Wildman–Crippen MR) is 53.0 cm³/mol. The Kier molecular flexibility index (Phi) is 2.74. The molecule has 1 aromatic heterocycles. The zero-order valence-corrected chi connectivity index (χ0v) is 8.33.